The zero-order chi connectivity index (χ0) is 13.2. The van der Waals surface area contributed by atoms with Crippen LogP contribution in [-0.4, -0.2) is 16.7 Å². The molecule has 1 aromatic heterocycles. The third-order valence-corrected chi connectivity index (χ3v) is 3.55. The van der Waals surface area contributed by atoms with E-state index in [1.165, 1.54) is 5.56 Å². The fourth-order valence-corrected chi connectivity index (χ4v) is 2.60. The first-order chi connectivity index (χ1) is 9.25. The Morgan fingerprint density at radius 2 is 2.16 bits per heavy atom. The van der Waals surface area contributed by atoms with Crippen molar-refractivity contribution in [2.45, 2.75) is 25.6 Å². The first-order valence-electron chi connectivity index (χ1n) is 6.55. The first kappa shape index (κ1) is 12.3. The van der Waals surface area contributed by atoms with Crippen molar-refractivity contribution in [3.8, 4) is 0 Å². The summed E-state index contributed by atoms with van der Waals surface area (Å²) in [7, 11) is 0. The highest BCUT2D eigenvalue weighted by atomic mass is 16.5. The summed E-state index contributed by atoms with van der Waals surface area (Å²) in [5.74, 6) is 0. The van der Waals surface area contributed by atoms with Crippen LogP contribution >= 0.6 is 0 Å². The van der Waals surface area contributed by atoms with Crippen LogP contribution in [0, 0.1) is 6.92 Å². The van der Waals surface area contributed by atoms with Crippen molar-refractivity contribution < 1.29 is 9.84 Å². The Labute approximate surface area is 112 Å². The van der Waals surface area contributed by atoms with Gasteiger partial charge in [0.25, 0.3) is 0 Å². The number of aryl methyl sites for hydroxylation is 1. The molecule has 3 heteroatoms. The average molecular weight is 255 g/mol. The molecule has 19 heavy (non-hydrogen) atoms. The summed E-state index contributed by atoms with van der Waals surface area (Å²) in [5.41, 5.74) is 4.20. The molecule has 2 heterocycles. The lowest BCUT2D eigenvalue weighted by molar-refractivity contribution is -0.0484. The van der Waals surface area contributed by atoms with Crippen LogP contribution in [-0.2, 0) is 11.2 Å². The molecule has 0 spiro atoms. The number of pyridine rings is 1. The highest BCUT2D eigenvalue weighted by molar-refractivity contribution is 5.33. The van der Waals surface area contributed by atoms with E-state index in [0.717, 1.165) is 23.1 Å². The van der Waals surface area contributed by atoms with Crippen molar-refractivity contribution in [1.82, 2.24) is 4.98 Å². The molecule has 2 unspecified atom stereocenters. The van der Waals surface area contributed by atoms with E-state index < -0.39 is 6.10 Å². The molecule has 1 N–H and O–H groups in total. The van der Waals surface area contributed by atoms with Gasteiger partial charge < -0.3 is 9.84 Å². The fraction of sp³-hybridized carbons (Fsp3) is 0.312. The molecule has 2 atom stereocenters. The van der Waals surface area contributed by atoms with Gasteiger partial charge >= 0.3 is 0 Å². The van der Waals surface area contributed by atoms with Crippen molar-refractivity contribution in [2.75, 3.05) is 6.61 Å². The van der Waals surface area contributed by atoms with Crippen LogP contribution in [0.25, 0.3) is 0 Å². The van der Waals surface area contributed by atoms with Crippen LogP contribution in [0.1, 0.15) is 34.5 Å². The summed E-state index contributed by atoms with van der Waals surface area (Å²) in [6, 6.07) is 10.1. The van der Waals surface area contributed by atoms with E-state index in [-0.39, 0.29) is 6.10 Å². The molecule has 1 aliphatic rings. The molecule has 0 bridgehead atoms. The van der Waals surface area contributed by atoms with Gasteiger partial charge in [0.15, 0.2) is 0 Å². The zero-order valence-corrected chi connectivity index (χ0v) is 10.9. The SMILES string of the molecule is Cc1cncc(C(O)C2OCCc3ccccc32)c1. The fourth-order valence-electron chi connectivity index (χ4n) is 2.60. The summed E-state index contributed by atoms with van der Waals surface area (Å²) < 4.78 is 5.78. The summed E-state index contributed by atoms with van der Waals surface area (Å²) in [5, 5.41) is 10.6. The van der Waals surface area contributed by atoms with Gasteiger partial charge in [-0.2, -0.15) is 0 Å². The van der Waals surface area contributed by atoms with E-state index in [4.69, 9.17) is 4.74 Å². The quantitative estimate of drug-likeness (QED) is 0.897. The molecule has 3 rings (SSSR count). The molecule has 2 aromatic rings. The number of aliphatic hydroxyl groups is 1. The largest absolute Gasteiger partial charge is 0.385 e. The van der Waals surface area contributed by atoms with Gasteiger partial charge in [-0.05, 0) is 30.0 Å². The number of aromatic nitrogens is 1. The van der Waals surface area contributed by atoms with Crippen LogP contribution in [0.15, 0.2) is 42.7 Å². The van der Waals surface area contributed by atoms with Crippen LogP contribution in [0.2, 0.25) is 0 Å². The molecule has 0 fully saturated rings. The van der Waals surface area contributed by atoms with Crippen molar-refractivity contribution in [2.24, 2.45) is 0 Å². The highest BCUT2D eigenvalue weighted by Crippen LogP contribution is 2.36. The Bertz CT molecular complexity index is 582. The average Bonchev–Trinajstić information content (AvgIpc) is 2.46. The minimum absolute atomic E-state index is 0.298. The smallest absolute Gasteiger partial charge is 0.113 e. The molecule has 0 amide bonds. The van der Waals surface area contributed by atoms with Crippen molar-refractivity contribution >= 4 is 0 Å². The zero-order valence-electron chi connectivity index (χ0n) is 10.9. The van der Waals surface area contributed by atoms with Crippen LogP contribution in [0.5, 0.6) is 0 Å². The monoisotopic (exact) mass is 255 g/mol. The third kappa shape index (κ3) is 2.39. The maximum atomic E-state index is 10.6. The van der Waals surface area contributed by atoms with E-state index >= 15 is 0 Å². The molecule has 0 saturated carbocycles. The number of nitrogens with zero attached hydrogens (tertiary/aromatic N) is 1. The normalized spacial score (nSPS) is 19.8. The van der Waals surface area contributed by atoms with E-state index in [9.17, 15) is 5.11 Å². The number of hydrogen-bond acceptors (Lipinski definition) is 3. The number of benzene rings is 1. The van der Waals surface area contributed by atoms with Crippen LogP contribution in [0.4, 0.5) is 0 Å². The molecule has 1 aromatic carbocycles. The third-order valence-electron chi connectivity index (χ3n) is 3.55. The van der Waals surface area contributed by atoms with Crippen molar-refractivity contribution in [1.29, 1.82) is 0 Å². The molecule has 1 aliphatic heterocycles. The molecular weight excluding hydrogens is 238 g/mol. The molecule has 0 radical (unpaired) electrons. The second-order valence-electron chi connectivity index (χ2n) is 4.98. The highest BCUT2D eigenvalue weighted by Gasteiger charge is 2.28. The molecule has 98 valence electrons. The number of ether oxygens (including phenoxy) is 1. The van der Waals surface area contributed by atoms with Gasteiger partial charge in [-0.15, -0.1) is 0 Å². The van der Waals surface area contributed by atoms with Crippen LogP contribution in [0.3, 0.4) is 0 Å². The molecule has 0 saturated heterocycles. The second-order valence-corrected chi connectivity index (χ2v) is 4.98. The Kier molecular flexibility index (Phi) is 3.32. The lowest BCUT2D eigenvalue weighted by Crippen LogP contribution is -2.22. The van der Waals surface area contributed by atoms with Crippen molar-refractivity contribution in [3.63, 3.8) is 0 Å². The summed E-state index contributed by atoms with van der Waals surface area (Å²) in [4.78, 5) is 4.14. The number of hydrogen-bond donors (Lipinski definition) is 1. The maximum Gasteiger partial charge on any atom is 0.113 e. The van der Waals surface area contributed by atoms with E-state index in [1.54, 1.807) is 12.4 Å². The van der Waals surface area contributed by atoms with Gasteiger partial charge in [0, 0.05) is 18.0 Å². The van der Waals surface area contributed by atoms with Crippen molar-refractivity contribution in [3.05, 3.63) is 65.0 Å². The summed E-state index contributed by atoms with van der Waals surface area (Å²) in [6.07, 6.45) is 3.43. The standard InChI is InChI=1S/C16H17NO2/c1-11-8-13(10-17-9-11)15(18)16-14-5-3-2-4-12(14)6-7-19-16/h2-5,8-10,15-16,18H,6-7H2,1H3. The van der Waals surface area contributed by atoms with Gasteiger partial charge in [-0.3, -0.25) is 4.98 Å². The van der Waals surface area contributed by atoms with Crippen LogP contribution < -0.4 is 0 Å². The van der Waals surface area contributed by atoms with E-state index in [2.05, 4.69) is 11.1 Å². The van der Waals surface area contributed by atoms with Gasteiger partial charge in [-0.25, -0.2) is 0 Å². The topological polar surface area (TPSA) is 42.4 Å². The summed E-state index contributed by atoms with van der Waals surface area (Å²) in [6.45, 7) is 2.62. The lowest BCUT2D eigenvalue weighted by Gasteiger charge is -2.29. The summed E-state index contributed by atoms with van der Waals surface area (Å²) >= 11 is 0. The van der Waals surface area contributed by atoms with E-state index in [0.29, 0.717) is 6.61 Å². The minimum atomic E-state index is -0.672. The number of fused-ring (bicyclic) bond motifs is 1. The van der Waals surface area contributed by atoms with Gasteiger partial charge in [-0.1, -0.05) is 30.3 Å². The van der Waals surface area contributed by atoms with Gasteiger partial charge in [0.1, 0.15) is 12.2 Å². The number of aliphatic hydroxyl groups excluding tert-OH is 1. The van der Waals surface area contributed by atoms with Gasteiger partial charge in [0.2, 0.25) is 0 Å². The van der Waals surface area contributed by atoms with Gasteiger partial charge in [0.05, 0.1) is 6.61 Å². The minimum Gasteiger partial charge on any atom is -0.385 e. The molecular formula is C16H17NO2. The Hall–Kier alpha value is -1.71. The predicted molar refractivity (Wildman–Crippen MR) is 72.8 cm³/mol. The Balaban J connectivity index is 1.95. The lowest BCUT2D eigenvalue weighted by atomic mass is 9.92. The van der Waals surface area contributed by atoms with E-state index in [1.807, 2.05) is 31.2 Å². The second kappa shape index (κ2) is 5.11. The predicted octanol–water partition coefficient (Wildman–Crippen LogP) is 2.74. The first-order valence-corrected chi connectivity index (χ1v) is 6.55. The molecule has 0 aliphatic carbocycles. The number of rotatable bonds is 2. The Morgan fingerprint density at radius 3 is 3.00 bits per heavy atom. The Morgan fingerprint density at radius 1 is 1.32 bits per heavy atom. The molecule has 3 nitrogen and oxygen atoms in total. The maximum absolute atomic E-state index is 10.6.